The van der Waals surface area contributed by atoms with Crippen molar-refractivity contribution in [3.05, 3.63) is 251 Å². The van der Waals surface area contributed by atoms with E-state index in [1.54, 1.807) is 0 Å². The standard InChI is InChI=1S/C39H40N2O3S.C21H27NO3S.C4H8O.ClH/c42-38(31-45(43,44)40(29-32-17-6-1-7-18-32)30-33-19-8-2-9-20-33)37-27-16-28-41(37)39(34-21-10-3-11-22-34,35-23-12-4-13-24-35)36-25-14-5-15-26-36;23-21(20-13-7-8-14-20)17-26(24,25)22(15-18-9-3-1-4-10-18)16-19-11-5-2-6-12-19;1-2-4-5-3-1;/h1-15,17-26,37-38,42H,16,27-31H2;1-6,9-12,20-21,23H,7-8,13-17H2;1-4H2;1H/t37-,38+;21-;;/m01../s1. The van der Waals surface area contributed by atoms with Gasteiger partial charge < -0.3 is 14.9 Å². The second-order valence-electron chi connectivity index (χ2n) is 20.2. The molecule has 2 N–H and O–H groups in total. The van der Waals surface area contributed by atoms with Gasteiger partial charge in [-0.15, -0.1) is 12.4 Å². The summed E-state index contributed by atoms with van der Waals surface area (Å²) in [5.41, 5.74) is 6.24. The Kier molecular flexibility index (Phi) is 22.6. The number of sulfonamides is 2. The third-order valence-electron chi connectivity index (χ3n) is 14.9. The van der Waals surface area contributed by atoms with Crippen molar-refractivity contribution in [3.8, 4) is 0 Å². The molecule has 0 unspecified atom stereocenters. The smallest absolute Gasteiger partial charge is 0.217 e. The highest BCUT2D eigenvalue weighted by Crippen LogP contribution is 2.46. The fraction of sp³-hybridized carbons (Fsp3) is 0.344. The molecule has 2 aliphatic heterocycles. The van der Waals surface area contributed by atoms with Gasteiger partial charge in [0.1, 0.15) is 0 Å². The molecule has 1 aliphatic carbocycles. The minimum Gasteiger partial charge on any atom is -0.392 e. The molecular formula is C64H76ClN3O7S2. The van der Waals surface area contributed by atoms with Crippen molar-refractivity contribution < 1.29 is 31.8 Å². The fourth-order valence-electron chi connectivity index (χ4n) is 11.0. The average Bonchev–Trinajstić information content (AvgIpc) is 4.32. The Bertz CT molecular complexity index is 2790. The predicted molar refractivity (Wildman–Crippen MR) is 312 cm³/mol. The topological polar surface area (TPSA) is 128 Å². The number of hydrogen-bond donors (Lipinski definition) is 2. The third-order valence-corrected chi connectivity index (χ3v) is 18.5. The molecule has 2 heterocycles. The van der Waals surface area contributed by atoms with Crippen LogP contribution in [0.4, 0.5) is 0 Å². The third kappa shape index (κ3) is 16.3. The molecule has 0 aromatic heterocycles. The summed E-state index contributed by atoms with van der Waals surface area (Å²) in [6.45, 7) is 3.82. The first kappa shape index (κ1) is 59.2. The molecule has 77 heavy (non-hydrogen) atoms. The lowest BCUT2D eigenvalue weighted by Crippen LogP contribution is -2.55. The average molecular weight is 1100 g/mol. The molecule has 0 spiro atoms. The van der Waals surface area contributed by atoms with E-state index in [9.17, 15) is 27.0 Å². The predicted octanol–water partition coefficient (Wildman–Crippen LogP) is 11.6. The van der Waals surface area contributed by atoms with Gasteiger partial charge in [0.25, 0.3) is 0 Å². The number of halogens is 1. The molecule has 3 fully saturated rings. The first-order chi connectivity index (χ1) is 37.0. The number of aliphatic hydroxyl groups is 2. The number of aliphatic hydroxyl groups excluding tert-OH is 2. The van der Waals surface area contributed by atoms with E-state index in [1.807, 2.05) is 176 Å². The molecule has 3 atom stereocenters. The molecule has 0 bridgehead atoms. The lowest BCUT2D eigenvalue weighted by Gasteiger charge is -2.47. The van der Waals surface area contributed by atoms with Crippen LogP contribution in [0.5, 0.6) is 0 Å². The highest BCUT2D eigenvalue weighted by atomic mass is 35.5. The summed E-state index contributed by atoms with van der Waals surface area (Å²) in [6, 6.07) is 69.3. The summed E-state index contributed by atoms with van der Waals surface area (Å²) in [5, 5.41) is 22.5. The van der Waals surface area contributed by atoms with Crippen LogP contribution in [0.1, 0.15) is 90.3 Å². The first-order valence-electron chi connectivity index (χ1n) is 27.0. The van der Waals surface area contributed by atoms with E-state index >= 15 is 0 Å². The van der Waals surface area contributed by atoms with E-state index in [2.05, 4.69) is 41.3 Å². The zero-order chi connectivity index (χ0) is 53.1. The minimum absolute atomic E-state index is 0. The Balaban J connectivity index is 0.000000226. The van der Waals surface area contributed by atoms with Crippen LogP contribution in [-0.2, 0) is 56.5 Å². The highest BCUT2D eigenvalue weighted by molar-refractivity contribution is 7.89. The van der Waals surface area contributed by atoms with Crippen LogP contribution in [0, 0.1) is 5.92 Å². The largest absolute Gasteiger partial charge is 0.392 e. The molecular weight excluding hydrogens is 1020 g/mol. The van der Waals surface area contributed by atoms with E-state index in [4.69, 9.17) is 4.74 Å². The lowest BCUT2D eigenvalue weighted by atomic mass is 9.75. The highest BCUT2D eigenvalue weighted by Gasteiger charge is 2.49. The molecule has 13 heteroatoms. The van der Waals surface area contributed by atoms with Crippen LogP contribution >= 0.6 is 12.4 Å². The van der Waals surface area contributed by atoms with Crippen molar-refractivity contribution in [2.24, 2.45) is 5.92 Å². The van der Waals surface area contributed by atoms with Gasteiger partial charge >= 0.3 is 0 Å². The van der Waals surface area contributed by atoms with Gasteiger partial charge in [0.15, 0.2) is 0 Å². The molecule has 10 nitrogen and oxygen atoms in total. The summed E-state index contributed by atoms with van der Waals surface area (Å²) in [4.78, 5) is 2.35. The number of nitrogens with zero attached hydrogens (tertiary/aromatic N) is 3. The number of likely N-dealkylation sites (tertiary alicyclic amines) is 1. The molecule has 408 valence electrons. The number of benzene rings is 7. The SMILES string of the molecule is C1CCOC1.Cl.O=S(=O)(C[C@@H](O)C1CCCC1)N(Cc1ccccc1)Cc1ccccc1.O=S(=O)(C[C@@H](O)[C@@H]1CCCN1C(c1ccccc1)(c1ccccc1)c1ccccc1)N(Cc1ccccc1)Cc1ccccc1. The van der Waals surface area contributed by atoms with Crippen LogP contribution < -0.4 is 0 Å². The summed E-state index contributed by atoms with van der Waals surface area (Å²) in [6.07, 6.45) is 6.25. The van der Waals surface area contributed by atoms with Gasteiger partial charge in [-0.05, 0) is 83.4 Å². The van der Waals surface area contributed by atoms with Crippen LogP contribution in [0.15, 0.2) is 212 Å². The Morgan fingerprint density at radius 2 is 0.753 bits per heavy atom. The Morgan fingerprint density at radius 3 is 1.06 bits per heavy atom. The van der Waals surface area contributed by atoms with Gasteiger partial charge in [-0.1, -0.05) is 225 Å². The molecule has 7 aromatic rings. The van der Waals surface area contributed by atoms with Gasteiger partial charge in [-0.3, -0.25) is 4.90 Å². The normalized spacial score (nSPS) is 16.9. The second-order valence-corrected chi connectivity index (χ2v) is 24.3. The molecule has 0 amide bonds. The molecule has 1 saturated carbocycles. The van der Waals surface area contributed by atoms with E-state index < -0.39 is 37.8 Å². The molecule has 2 saturated heterocycles. The summed E-state index contributed by atoms with van der Waals surface area (Å²) in [5.74, 6) is -0.445. The Morgan fingerprint density at radius 1 is 0.442 bits per heavy atom. The van der Waals surface area contributed by atoms with E-state index in [1.165, 1.54) is 21.5 Å². The van der Waals surface area contributed by atoms with Crippen molar-refractivity contribution in [2.45, 2.75) is 101 Å². The lowest BCUT2D eigenvalue weighted by molar-refractivity contribution is 0.0445. The second kappa shape index (κ2) is 29.5. The van der Waals surface area contributed by atoms with Crippen molar-refractivity contribution in [1.29, 1.82) is 0 Å². The summed E-state index contributed by atoms with van der Waals surface area (Å²) >= 11 is 0. The number of hydrogen-bond acceptors (Lipinski definition) is 8. The van der Waals surface area contributed by atoms with Gasteiger partial charge in [-0.25, -0.2) is 16.8 Å². The first-order valence-corrected chi connectivity index (χ1v) is 30.2. The number of rotatable bonds is 20. The van der Waals surface area contributed by atoms with Crippen molar-refractivity contribution >= 4 is 32.5 Å². The molecule has 10 rings (SSSR count). The van der Waals surface area contributed by atoms with Crippen LogP contribution in [0.25, 0.3) is 0 Å². The van der Waals surface area contributed by atoms with Crippen molar-refractivity contribution in [3.63, 3.8) is 0 Å². The summed E-state index contributed by atoms with van der Waals surface area (Å²) < 4.78 is 62.5. The van der Waals surface area contributed by atoms with E-state index in [0.717, 1.165) is 90.8 Å². The summed E-state index contributed by atoms with van der Waals surface area (Å²) in [7, 11) is -7.43. The molecule has 3 aliphatic rings. The van der Waals surface area contributed by atoms with Crippen molar-refractivity contribution in [1.82, 2.24) is 13.5 Å². The molecule has 7 aromatic carbocycles. The van der Waals surface area contributed by atoms with Crippen LogP contribution in [-0.4, -0.2) is 90.1 Å². The van der Waals surface area contributed by atoms with Gasteiger partial charge in [-0.2, -0.15) is 8.61 Å². The maximum absolute atomic E-state index is 14.2. The monoisotopic (exact) mass is 1100 g/mol. The maximum atomic E-state index is 14.2. The van der Waals surface area contributed by atoms with E-state index in [-0.39, 0.29) is 49.0 Å². The van der Waals surface area contributed by atoms with Gasteiger partial charge in [0, 0.05) is 52.0 Å². The Labute approximate surface area is 464 Å². The fourth-order valence-corrected chi connectivity index (χ4v) is 14.2. The molecule has 0 radical (unpaired) electrons. The van der Waals surface area contributed by atoms with Crippen LogP contribution in [0.3, 0.4) is 0 Å². The van der Waals surface area contributed by atoms with Crippen molar-refractivity contribution in [2.75, 3.05) is 31.3 Å². The minimum atomic E-state index is -3.86. The van der Waals surface area contributed by atoms with Gasteiger partial charge in [0.2, 0.25) is 20.0 Å². The maximum Gasteiger partial charge on any atom is 0.217 e. The Hall–Kier alpha value is -5.51. The zero-order valence-corrected chi connectivity index (χ0v) is 46.5. The van der Waals surface area contributed by atoms with Crippen LogP contribution in [0.2, 0.25) is 0 Å². The van der Waals surface area contributed by atoms with Gasteiger partial charge in [0.05, 0.1) is 29.3 Å². The van der Waals surface area contributed by atoms with E-state index in [0.29, 0.717) is 19.5 Å². The number of ether oxygens (including phenoxy) is 1. The quantitative estimate of drug-likeness (QED) is 0.0723. The zero-order valence-electron chi connectivity index (χ0n) is 44.0.